The average Bonchev–Trinajstić information content (AvgIpc) is 3.12. The Labute approximate surface area is 137 Å². The molecule has 1 aliphatic rings. The van der Waals surface area contributed by atoms with Gasteiger partial charge in [0.15, 0.2) is 0 Å². The molecule has 0 unspecified atom stereocenters. The number of aromatic nitrogens is 1. The number of nitrogens with zero attached hydrogens (tertiary/aromatic N) is 2. The van der Waals surface area contributed by atoms with Crippen molar-refractivity contribution in [2.24, 2.45) is 0 Å². The van der Waals surface area contributed by atoms with Crippen LogP contribution in [0.5, 0.6) is 0 Å². The summed E-state index contributed by atoms with van der Waals surface area (Å²) in [4.78, 5) is 25.6. The third kappa shape index (κ3) is 3.29. The van der Waals surface area contributed by atoms with Crippen LogP contribution in [0.2, 0.25) is 0 Å². The van der Waals surface area contributed by atoms with Gasteiger partial charge in [0.05, 0.1) is 0 Å². The van der Waals surface area contributed by atoms with E-state index in [0.717, 1.165) is 25.0 Å². The zero-order valence-electron chi connectivity index (χ0n) is 12.9. The number of hydrogen-bond donors (Lipinski definition) is 1. The van der Waals surface area contributed by atoms with Gasteiger partial charge in [0.25, 0.3) is 0 Å². The van der Waals surface area contributed by atoms with E-state index < -0.39 is 29.1 Å². The molecule has 1 aromatic heterocycles. The third-order valence-corrected chi connectivity index (χ3v) is 4.20. The molecule has 0 saturated carbocycles. The molecule has 1 N–H and O–H groups in total. The van der Waals surface area contributed by atoms with E-state index in [1.807, 2.05) is 29.8 Å². The molecule has 24 heavy (non-hydrogen) atoms. The van der Waals surface area contributed by atoms with Crippen molar-refractivity contribution in [1.82, 2.24) is 9.47 Å². The highest BCUT2D eigenvalue weighted by molar-refractivity contribution is 6.39. The van der Waals surface area contributed by atoms with Crippen molar-refractivity contribution in [3.63, 3.8) is 0 Å². The maximum Gasteiger partial charge on any atom is 0.314 e. The van der Waals surface area contributed by atoms with Gasteiger partial charge in [-0.15, -0.1) is 0 Å². The van der Waals surface area contributed by atoms with E-state index in [-0.39, 0.29) is 6.04 Å². The number of likely N-dealkylation sites (tertiary alicyclic amines) is 1. The zero-order chi connectivity index (χ0) is 17.1. The van der Waals surface area contributed by atoms with E-state index in [2.05, 4.69) is 4.57 Å². The van der Waals surface area contributed by atoms with Gasteiger partial charge in [-0.3, -0.25) is 9.59 Å². The highest BCUT2D eigenvalue weighted by Gasteiger charge is 2.28. The molecule has 2 heterocycles. The van der Waals surface area contributed by atoms with Crippen molar-refractivity contribution in [3.8, 4) is 0 Å². The molecule has 5 nitrogen and oxygen atoms in total. The standard InChI is InChI=1S/C17H17F2N3O2/c18-13-4-3-5-14(19)15(13)20-16(23)17(24)22-10-6-12(7-11-22)21-8-1-2-9-21/h1-5,8-9,12H,6-7,10-11H2,(H,20,23). The van der Waals surface area contributed by atoms with Crippen molar-refractivity contribution >= 4 is 17.5 Å². The van der Waals surface area contributed by atoms with Gasteiger partial charge < -0.3 is 14.8 Å². The monoisotopic (exact) mass is 333 g/mol. The van der Waals surface area contributed by atoms with Crippen molar-refractivity contribution in [2.75, 3.05) is 18.4 Å². The van der Waals surface area contributed by atoms with Gasteiger partial charge >= 0.3 is 11.8 Å². The van der Waals surface area contributed by atoms with E-state index in [1.165, 1.54) is 11.0 Å². The number of amides is 2. The van der Waals surface area contributed by atoms with E-state index >= 15 is 0 Å². The Morgan fingerprint density at radius 3 is 2.17 bits per heavy atom. The lowest BCUT2D eigenvalue weighted by Crippen LogP contribution is -2.44. The van der Waals surface area contributed by atoms with E-state index in [1.54, 1.807) is 0 Å². The summed E-state index contributed by atoms with van der Waals surface area (Å²) in [6, 6.07) is 7.39. The molecule has 1 aromatic carbocycles. The molecule has 126 valence electrons. The lowest BCUT2D eigenvalue weighted by Gasteiger charge is -2.32. The number of para-hydroxylation sites is 1. The minimum Gasteiger partial charge on any atom is -0.351 e. The van der Waals surface area contributed by atoms with E-state index in [9.17, 15) is 18.4 Å². The summed E-state index contributed by atoms with van der Waals surface area (Å²) in [5.41, 5.74) is -0.599. The number of hydrogen-bond acceptors (Lipinski definition) is 2. The summed E-state index contributed by atoms with van der Waals surface area (Å²) in [6.07, 6.45) is 5.38. The van der Waals surface area contributed by atoms with Gasteiger partial charge in [-0.1, -0.05) is 6.07 Å². The molecular weight excluding hydrogens is 316 g/mol. The van der Waals surface area contributed by atoms with Crippen molar-refractivity contribution < 1.29 is 18.4 Å². The van der Waals surface area contributed by atoms with Crippen molar-refractivity contribution in [3.05, 3.63) is 54.4 Å². The second-order valence-corrected chi connectivity index (χ2v) is 5.70. The normalized spacial score (nSPS) is 15.3. The quantitative estimate of drug-likeness (QED) is 0.859. The van der Waals surface area contributed by atoms with Crippen LogP contribution in [0.3, 0.4) is 0 Å². The Balaban J connectivity index is 1.60. The number of piperidine rings is 1. The molecule has 2 amide bonds. The summed E-state index contributed by atoms with van der Waals surface area (Å²) in [6.45, 7) is 0.851. The second-order valence-electron chi connectivity index (χ2n) is 5.70. The number of rotatable bonds is 2. The highest BCUT2D eigenvalue weighted by Crippen LogP contribution is 2.23. The summed E-state index contributed by atoms with van der Waals surface area (Å²) >= 11 is 0. The van der Waals surface area contributed by atoms with Crippen LogP contribution in [0.1, 0.15) is 18.9 Å². The molecule has 2 aromatic rings. The highest BCUT2D eigenvalue weighted by atomic mass is 19.1. The summed E-state index contributed by atoms with van der Waals surface area (Å²) in [5.74, 6) is -3.63. The Morgan fingerprint density at radius 2 is 1.58 bits per heavy atom. The molecule has 0 aliphatic carbocycles. The lowest BCUT2D eigenvalue weighted by molar-refractivity contribution is -0.144. The topological polar surface area (TPSA) is 54.3 Å². The van der Waals surface area contributed by atoms with Crippen LogP contribution in [0.15, 0.2) is 42.7 Å². The Bertz CT molecular complexity index is 718. The van der Waals surface area contributed by atoms with Crippen LogP contribution < -0.4 is 5.32 Å². The first kappa shape index (κ1) is 16.2. The van der Waals surface area contributed by atoms with Gasteiger partial charge in [0, 0.05) is 31.5 Å². The third-order valence-electron chi connectivity index (χ3n) is 4.20. The predicted octanol–water partition coefficient (Wildman–Crippen LogP) is 2.57. The number of nitrogens with one attached hydrogen (secondary N) is 1. The van der Waals surface area contributed by atoms with Crippen LogP contribution in [0, 0.1) is 11.6 Å². The Hall–Kier alpha value is -2.70. The molecule has 0 spiro atoms. The lowest BCUT2D eigenvalue weighted by atomic mass is 10.0. The minimum absolute atomic E-state index is 0.288. The molecule has 0 radical (unpaired) electrons. The van der Waals surface area contributed by atoms with Crippen LogP contribution >= 0.6 is 0 Å². The fraction of sp³-hybridized carbons (Fsp3) is 0.294. The second kappa shape index (κ2) is 6.82. The average molecular weight is 333 g/mol. The Morgan fingerprint density at radius 1 is 1.00 bits per heavy atom. The van der Waals surface area contributed by atoms with Crippen molar-refractivity contribution in [1.29, 1.82) is 0 Å². The summed E-state index contributed by atoms with van der Waals surface area (Å²) in [7, 11) is 0. The van der Waals surface area contributed by atoms with E-state index in [4.69, 9.17) is 0 Å². The molecule has 1 aliphatic heterocycles. The molecule has 1 saturated heterocycles. The molecule has 0 bridgehead atoms. The molecule has 0 atom stereocenters. The zero-order valence-corrected chi connectivity index (χ0v) is 12.9. The van der Waals surface area contributed by atoms with Crippen LogP contribution in [0.25, 0.3) is 0 Å². The van der Waals surface area contributed by atoms with Crippen LogP contribution in [0.4, 0.5) is 14.5 Å². The summed E-state index contributed by atoms with van der Waals surface area (Å²) in [5, 5.41) is 2.03. The first-order valence-corrected chi connectivity index (χ1v) is 7.73. The van der Waals surface area contributed by atoms with Gasteiger partial charge in [-0.2, -0.15) is 0 Å². The van der Waals surface area contributed by atoms with Gasteiger partial charge in [0.2, 0.25) is 0 Å². The minimum atomic E-state index is -1.03. The maximum absolute atomic E-state index is 13.5. The largest absolute Gasteiger partial charge is 0.351 e. The van der Waals surface area contributed by atoms with Crippen LogP contribution in [-0.4, -0.2) is 34.4 Å². The number of halogens is 2. The SMILES string of the molecule is O=C(Nc1c(F)cccc1F)C(=O)N1CCC(n2cccc2)CC1. The summed E-state index contributed by atoms with van der Waals surface area (Å²) < 4.78 is 29.2. The number of carbonyl (C=O) groups excluding carboxylic acids is 2. The predicted molar refractivity (Wildman–Crippen MR) is 84.3 cm³/mol. The van der Waals surface area contributed by atoms with E-state index in [0.29, 0.717) is 13.1 Å². The number of carbonyl (C=O) groups is 2. The van der Waals surface area contributed by atoms with Gasteiger partial charge in [0.1, 0.15) is 17.3 Å². The maximum atomic E-state index is 13.5. The molecule has 1 fully saturated rings. The molecule has 7 heteroatoms. The first-order valence-electron chi connectivity index (χ1n) is 7.73. The van der Waals surface area contributed by atoms with Crippen molar-refractivity contribution in [2.45, 2.75) is 18.9 Å². The first-order chi connectivity index (χ1) is 11.6. The molecule has 3 rings (SSSR count). The fourth-order valence-corrected chi connectivity index (χ4v) is 2.89. The smallest absolute Gasteiger partial charge is 0.314 e. The number of benzene rings is 1. The van der Waals surface area contributed by atoms with Gasteiger partial charge in [-0.05, 0) is 37.1 Å². The fourth-order valence-electron chi connectivity index (χ4n) is 2.89. The Kier molecular flexibility index (Phi) is 4.59. The number of anilines is 1. The van der Waals surface area contributed by atoms with Gasteiger partial charge in [-0.25, -0.2) is 8.78 Å². The molecular formula is C17H17F2N3O2. The van der Waals surface area contributed by atoms with Crippen LogP contribution in [-0.2, 0) is 9.59 Å².